The second-order valence-electron chi connectivity index (χ2n) is 7.11. The number of rotatable bonds is 7. The van der Waals surface area contributed by atoms with E-state index in [0.29, 0.717) is 16.9 Å². The van der Waals surface area contributed by atoms with Gasteiger partial charge >= 0.3 is 11.9 Å². The van der Waals surface area contributed by atoms with Crippen molar-refractivity contribution in [3.63, 3.8) is 0 Å². The van der Waals surface area contributed by atoms with Gasteiger partial charge in [-0.3, -0.25) is 0 Å². The van der Waals surface area contributed by atoms with Gasteiger partial charge in [-0.15, -0.1) is 0 Å². The second kappa shape index (κ2) is 9.75. The molecule has 0 aromatic heterocycles. The van der Waals surface area contributed by atoms with Gasteiger partial charge in [0.05, 0.1) is 0 Å². The predicted octanol–water partition coefficient (Wildman–Crippen LogP) is 6.10. The van der Waals surface area contributed by atoms with Crippen molar-refractivity contribution in [1.82, 2.24) is 0 Å². The van der Waals surface area contributed by atoms with Crippen LogP contribution in [0.1, 0.15) is 13.8 Å². The Balaban J connectivity index is 1.76. The molecule has 0 fully saturated rings. The van der Waals surface area contributed by atoms with Crippen molar-refractivity contribution < 1.29 is 28.2 Å². The van der Waals surface area contributed by atoms with Gasteiger partial charge in [0.25, 0.3) is 0 Å². The molecule has 0 aliphatic carbocycles. The molecule has 5 nitrogen and oxygen atoms in total. The molecular formula is C26H21FO5. The molecule has 0 saturated carbocycles. The van der Waals surface area contributed by atoms with Gasteiger partial charge < -0.3 is 14.2 Å². The number of hydrogen-bond donors (Lipinski definition) is 0. The van der Waals surface area contributed by atoms with E-state index in [4.69, 9.17) is 14.2 Å². The van der Waals surface area contributed by atoms with Crippen LogP contribution in [0.15, 0.2) is 91.4 Å². The first-order valence-corrected chi connectivity index (χ1v) is 9.64. The van der Waals surface area contributed by atoms with Gasteiger partial charge in [0.2, 0.25) is 0 Å². The van der Waals surface area contributed by atoms with Gasteiger partial charge in [-0.1, -0.05) is 31.4 Å². The number of carbonyl (C=O) groups is 2. The molecule has 32 heavy (non-hydrogen) atoms. The fourth-order valence-corrected chi connectivity index (χ4v) is 2.75. The fourth-order valence-electron chi connectivity index (χ4n) is 2.75. The van der Waals surface area contributed by atoms with E-state index >= 15 is 0 Å². The van der Waals surface area contributed by atoms with Gasteiger partial charge in [-0.2, -0.15) is 0 Å². The Morgan fingerprint density at radius 1 is 0.812 bits per heavy atom. The Morgan fingerprint density at radius 3 is 2.16 bits per heavy atom. The monoisotopic (exact) mass is 432 g/mol. The van der Waals surface area contributed by atoms with Crippen LogP contribution in [0.2, 0.25) is 0 Å². The number of hydrogen-bond acceptors (Lipinski definition) is 5. The molecule has 3 rings (SSSR count). The molecule has 162 valence electrons. The lowest BCUT2D eigenvalue weighted by Gasteiger charge is -2.09. The van der Waals surface area contributed by atoms with E-state index in [9.17, 15) is 14.0 Å². The van der Waals surface area contributed by atoms with Crippen LogP contribution in [-0.4, -0.2) is 11.9 Å². The summed E-state index contributed by atoms with van der Waals surface area (Å²) >= 11 is 0. The molecule has 3 aromatic carbocycles. The average molecular weight is 432 g/mol. The van der Waals surface area contributed by atoms with E-state index in [2.05, 4.69) is 13.2 Å². The third-order valence-electron chi connectivity index (χ3n) is 4.41. The lowest BCUT2D eigenvalue weighted by atomic mass is 10.0. The van der Waals surface area contributed by atoms with Crippen molar-refractivity contribution in [2.24, 2.45) is 0 Å². The second-order valence-corrected chi connectivity index (χ2v) is 7.11. The first kappa shape index (κ1) is 22.5. The standard InChI is InChI=1S/C26H21FO5/c1-16(2)25(28)31-12-11-30-21-8-7-18-13-20(6-5-19(18)14-21)23-10-9-22(15-24(23)27)32-26(29)17(3)4/h5-15H,1,3H2,2,4H3/b12-11-. The Labute approximate surface area is 185 Å². The van der Waals surface area contributed by atoms with E-state index in [1.807, 2.05) is 18.2 Å². The number of carbonyl (C=O) groups excluding carboxylic acids is 2. The summed E-state index contributed by atoms with van der Waals surface area (Å²) in [6.07, 6.45) is 2.40. The highest BCUT2D eigenvalue weighted by molar-refractivity contribution is 5.90. The van der Waals surface area contributed by atoms with Crippen molar-refractivity contribution in [2.45, 2.75) is 13.8 Å². The topological polar surface area (TPSA) is 61.8 Å². The van der Waals surface area contributed by atoms with Crippen molar-refractivity contribution in [3.05, 3.63) is 97.2 Å². The molecule has 0 saturated heterocycles. The van der Waals surface area contributed by atoms with Crippen molar-refractivity contribution in [1.29, 1.82) is 0 Å². The molecular weight excluding hydrogens is 411 g/mol. The Kier molecular flexibility index (Phi) is 6.85. The molecule has 0 heterocycles. The highest BCUT2D eigenvalue weighted by Gasteiger charge is 2.11. The highest BCUT2D eigenvalue weighted by Crippen LogP contribution is 2.30. The lowest BCUT2D eigenvalue weighted by Crippen LogP contribution is -2.08. The van der Waals surface area contributed by atoms with Crippen molar-refractivity contribution in [2.75, 3.05) is 0 Å². The van der Waals surface area contributed by atoms with Crippen LogP contribution < -0.4 is 9.47 Å². The van der Waals surface area contributed by atoms with Crippen LogP contribution in [0.4, 0.5) is 4.39 Å². The number of ether oxygens (including phenoxy) is 3. The molecule has 0 unspecified atom stereocenters. The quantitative estimate of drug-likeness (QED) is 0.195. The zero-order chi connectivity index (χ0) is 23.3. The van der Waals surface area contributed by atoms with E-state index in [1.54, 1.807) is 31.2 Å². The van der Waals surface area contributed by atoms with Crippen molar-refractivity contribution in [3.8, 4) is 22.6 Å². The molecule has 0 aliphatic heterocycles. The van der Waals surface area contributed by atoms with Gasteiger partial charge in [0.1, 0.15) is 29.8 Å². The molecule has 0 aliphatic rings. The van der Waals surface area contributed by atoms with E-state index in [1.165, 1.54) is 25.3 Å². The number of fused-ring (bicyclic) bond motifs is 1. The third-order valence-corrected chi connectivity index (χ3v) is 4.41. The fraction of sp³-hybridized carbons (Fsp3) is 0.0769. The zero-order valence-corrected chi connectivity index (χ0v) is 17.7. The lowest BCUT2D eigenvalue weighted by molar-refractivity contribution is -0.133. The minimum atomic E-state index is -0.607. The zero-order valence-electron chi connectivity index (χ0n) is 17.7. The Hall–Kier alpha value is -4.19. The maximum atomic E-state index is 14.6. The van der Waals surface area contributed by atoms with Crippen LogP contribution >= 0.6 is 0 Å². The van der Waals surface area contributed by atoms with E-state index in [0.717, 1.165) is 17.0 Å². The summed E-state index contributed by atoms with van der Waals surface area (Å²) in [7, 11) is 0. The molecule has 0 atom stereocenters. The maximum absolute atomic E-state index is 14.6. The Bertz CT molecular complexity index is 1260. The van der Waals surface area contributed by atoms with Gasteiger partial charge in [0.15, 0.2) is 0 Å². The van der Waals surface area contributed by atoms with Crippen LogP contribution in [-0.2, 0) is 14.3 Å². The highest BCUT2D eigenvalue weighted by atomic mass is 19.1. The molecule has 0 radical (unpaired) electrons. The summed E-state index contributed by atoms with van der Waals surface area (Å²) in [5.41, 5.74) is 1.57. The summed E-state index contributed by atoms with van der Waals surface area (Å²) in [6, 6.07) is 15.1. The minimum absolute atomic E-state index is 0.115. The first-order valence-electron chi connectivity index (χ1n) is 9.64. The number of halogens is 1. The van der Waals surface area contributed by atoms with E-state index < -0.39 is 17.8 Å². The summed E-state index contributed by atoms with van der Waals surface area (Å²) in [5, 5.41) is 1.76. The summed E-state index contributed by atoms with van der Waals surface area (Å²) in [5.74, 6) is -0.993. The van der Waals surface area contributed by atoms with Crippen molar-refractivity contribution >= 4 is 22.7 Å². The van der Waals surface area contributed by atoms with Crippen LogP contribution in [0, 0.1) is 5.82 Å². The minimum Gasteiger partial charge on any atom is -0.462 e. The van der Waals surface area contributed by atoms with E-state index in [-0.39, 0.29) is 16.9 Å². The summed E-state index contributed by atoms with van der Waals surface area (Å²) < 4.78 is 30.0. The molecule has 6 heteroatoms. The van der Waals surface area contributed by atoms with Gasteiger partial charge in [-0.25, -0.2) is 14.0 Å². The predicted molar refractivity (Wildman–Crippen MR) is 120 cm³/mol. The normalized spacial score (nSPS) is 10.7. The van der Waals surface area contributed by atoms with Gasteiger partial charge in [0, 0.05) is 22.8 Å². The molecule has 0 N–H and O–H groups in total. The summed E-state index contributed by atoms with van der Waals surface area (Å²) in [4.78, 5) is 22.9. The average Bonchev–Trinajstić information content (AvgIpc) is 2.76. The number of benzene rings is 3. The van der Waals surface area contributed by atoms with Crippen LogP contribution in [0.5, 0.6) is 11.5 Å². The molecule has 0 amide bonds. The molecule has 0 spiro atoms. The SMILES string of the molecule is C=C(C)C(=O)O/C=C\Oc1ccc2cc(-c3ccc(OC(=O)C(=C)C)cc3F)ccc2c1. The molecule has 0 bridgehead atoms. The number of esters is 2. The maximum Gasteiger partial charge on any atom is 0.338 e. The van der Waals surface area contributed by atoms with Crippen LogP contribution in [0.3, 0.4) is 0 Å². The molecule has 3 aromatic rings. The van der Waals surface area contributed by atoms with Gasteiger partial charge in [-0.05, 0) is 60.5 Å². The summed E-state index contributed by atoms with van der Waals surface area (Å²) in [6.45, 7) is 10.1. The largest absolute Gasteiger partial charge is 0.462 e. The first-order chi connectivity index (χ1) is 15.2. The smallest absolute Gasteiger partial charge is 0.338 e. The third kappa shape index (κ3) is 5.49. The Morgan fingerprint density at radius 2 is 1.47 bits per heavy atom. The van der Waals surface area contributed by atoms with Crippen LogP contribution in [0.25, 0.3) is 21.9 Å².